The van der Waals surface area contributed by atoms with Gasteiger partial charge in [-0.05, 0) is 43.4 Å². The maximum atomic E-state index is 12.5. The molecule has 0 saturated carbocycles. The van der Waals surface area contributed by atoms with E-state index in [-0.39, 0.29) is 11.4 Å². The molecule has 0 spiro atoms. The van der Waals surface area contributed by atoms with E-state index in [1.165, 1.54) is 31.7 Å². The Kier molecular flexibility index (Phi) is 5.98. The number of aryl methyl sites for hydroxylation is 1. The number of nitrogens with two attached hydrogens (primary N) is 1. The molecule has 0 radical (unpaired) electrons. The Bertz CT molecular complexity index is 933. The van der Waals surface area contributed by atoms with E-state index in [4.69, 9.17) is 13.7 Å². The van der Waals surface area contributed by atoms with Crippen LogP contribution in [0.4, 0.5) is 0 Å². The molecule has 1 aromatic heterocycles. The van der Waals surface area contributed by atoms with Gasteiger partial charge in [0, 0.05) is 17.0 Å². The fourth-order valence-electron chi connectivity index (χ4n) is 3.67. The maximum Gasteiger partial charge on any atom is 0.380 e. The average molecular weight is 379 g/mol. The number of rotatable bonds is 2. The molecule has 0 fully saturated rings. The summed E-state index contributed by atoms with van der Waals surface area (Å²) in [5.41, 5.74) is 1.79. The molecular formula is C19H25NO5S. The van der Waals surface area contributed by atoms with Gasteiger partial charge in [0.1, 0.15) is 11.3 Å². The highest BCUT2D eigenvalue weighted by molar-refractivity contribution is 7.84. The van der Waals surface area contributed by atoms with Crippen molar-refractivity contribution in [3.8, 4) is 5.75 Å². The topological polar surface area (TPSA) is 99.6 Å². The monoisotopic (exact) mass is 379 g/mol. The number of hydrogen-bond donors (Lipinski definition) is 1. The van der Waals surface area contributed by atoms with Crippen molar-refractivity contribution in [2.45, 2.75) is 64.2 Å². The zero-order valence-corrected chi connectivity index (χ0v) is 15.6. The van der Waals surface area contributed by atoms with Crippen LogP contribution in [0.2, 0.25) is 0 Å². The molecule has 0 amide bonds. The lowest BCUT2D eigenvalue weighted by Crippen LogP contribution is -2.19. The smallest absolute Gasteiger partial charge is 0.380 e. The Balaban J connectivity index is 2.02. The molecule has 1 aromatic carbocycles. The predicted octanol–water partition coefficient (Wildman–Crippen LogP) is 3.59. The Hall–Kier alpha value is -1.86. The van der Waals surface area contributed by atoms with Crippen LogP contribution in [0.3, 0.4) is 0 Å². The van der Waals surface area contributed by atoms with Crippen LogP contribution in [0, 0.1) is 0 Å². The molecule has 1 heterocycles. The van der Waals surface area contributed by atoms with Gasteiger partial charge in [-0.3, -0.25) is 0 Å². The van der Waals surface area contributed by atoms with Crippen LogP contribution in [0.25, 0.3) is 11.0 Å². The number of fused-ring (bicyclic) bond motifs is 3. The van der Waals surface area contributed by atoms with E-state index in [2.05, 4.69) is 0 Å². The molecule has 0 saturated heterocycles. The van der Waals surface area contributed by atoms with Crippen LogP contribution in [-0.2, 0) is 23.1 Å². The second kappa shape index (κ2) is 8.22. The predicted molar refractivity (Wildman–Crippen MR) is 101 cm³/mol. The Labute approximate surface area is 153 Å². The van der Waals surface area contributed by atoms with Gasteiger partial charge in [0.2, 0.25) is 0 Å². The van der Waals surface area contributed by atoms with Gasteiger partial charge >= 0.3 is 15.9 Å². The van der Waals surface area contributed by atoms with Crippen molar-refractivity contribution in [2.24, 2.45) is 5.14 Å². The lowest BCUT2D eigenvalue weighted by Gasteiger charge is -2.13. The first-order valence-corrected chi connectivity index (χ1v) is 10.7. The van der Waals surface area contributed by atoms with Crippen molar-refractivity contribution >= 4 is 21.3 Å². The molecule has 2 aromatic rings. The quantitative estimate of drug-likeness (QED) is 0.804. The molecule has 2 N–H and O–H groups in total. The van der Waals surface area contributed by atoms with Crippen molar-refractivity contribution in [1.29, 1.82) is 0 Å². The summed E-state index contributed by atoms with van der Waals surface area (Å²) < 4.78 is 32.4. The summed E-state index contributed by atoms with van der Waals surface area (Å²) in [7, 11) is -4.12. The summed E-state index contributed by atoms with van der Waals surface area (Å²) in [4.78, 5) is 12.5. The van der Waals surface area contributed by atoms with Crippen molar-refractivity contribution in [1.82, 2.24) is 0 Å². The lowest BCUT2D eigenvalue weighted by molar-refractivity contribution is 0.486. The summed E-state index contributed by atoms with van der Waals surface area (Å²) in [5.74, 6) is 0.0382. The fourth-order valence-corrected chi connectivity index (χ4v) is 4.04. The Morgan fingerprint density at radius 1 is 0.885 bits per heavy atom. The first-order chi connectivity index (χ1) is 12.4. The number of benzene rings is 1. The zero-order chi connectivity index (χ0) is 18.6. The molecule has 1 aliphatic carbocycles. The lowest BCUT2D eigenvalue weighted by atomic mass is 9.94. The fraction of sp³-hybridized carbons (Fsp3) is 0.526. The van der Waals surface area contributed by atoms with Gasteiger partial charge in [-0.25, -0.2) is 4.79 Å². The summed E-state index contributed by atoms with van der Waals surface area (Å²) in [6, 6.07) is 4.71. The van der Waals surface area contributed by atoms with Gasteiger partial charge in [0.25, 0.3) is 0 Å². The highest BCUT2D eigenvalue weighted by Crippen LogP contribution is 2.28. The van der Waals surface area contributed by atoms with Crippen molar-refractivity contribution in [3.63, 3.8) is 0 Å². The van der Waals surface area contributed by atoms with Gasteiger partial charge in [-0.1, -0.05) is 38.5 Å². The minimum absolute atomic E-state index is 0.0382. The minimum atomic E-state index is -4.12. The highest BCUT2D eigenvalue weighted by Gasteiger charge is 2.16. The van der Waals surface area contributed by atoms with Crippen LogP contribution in [0.15, 0.2) is 27.4 Å². The van der Waals surface area contributed by atoms with E-state index in [9.17, 15) is 13.2 Å². The third kappa shape index (κ3) is 4.86. The van der Waals surface area contributed by atoms with Gasteiger partial charge in [0.05, 0.1) is 0 Å². The van der Waals surface area contributed by atoms with E-state index in [1.807, 2.05) is 0 Å². The molecule has 26 heavy (non-hydrogen) atoms. The molecule has 6 nitrogen and oxygen atoms in total. The minimum Gasteiger partial charge on any atom is -0.422 e. The van der Waals surface area contributed by atoms with Crippen LogP contribution in [0.5, 0.6) is 5.75 Å². The summed E-state index contributed by atoms with van der Waals surface area (Å²) in [5, 5.41) is 5.75. The first-order valence-electron chi connectivity index (χ1n) is 9.25. The largest absolute Gasteiger partial charge is 0.422 e. The molecule has 0 unspecified atom stereocenters. The van der Waals surface area contributed by atoms with Crippen LogP contribution < -0.4 is 14.9 Å². The SMILES string of the molecule is NS(=O)(=O)Oc1ccc2c3c(c(=O)oc2c1)CCCCCCCCCC3. The van der Waals surface area contributed by atoms with Crippen molar-refractivity contribution in [2.75, 3.05) is 0 Å². The first kappa shape index (κ1) is 18.9. The normalized spacial score (nSPS) is 17.1. The van der Waals surface area contributed by atoms with Crippen LogP contribution >= 0.6 is 0 Å². The summed E-state index contributed by atoms with van der Waals surface area (Å²) in [6.07, 6.45) is 10.8. The Morgan fingerprint density at radius 3 is 2.08 bits per heavy atom. The highest BCUT2D eigenvalue weighted by atomic mass is 32.2. The molecule has 7 heteroatoms. The Morgan fingerprint density at radius 2 is 1.46 bits per heavy atom. The molecule has 0 aliphatic heterocycles. The zero-order valence-electron chi connectivity index (χ0n) is 14.8. The molecule has 0 bridgehead atoms. The third-order valence-corrected chi connectivity index (χ3v) is 5.33. The van der Waals surface area contributed by atoms with Gasteiger partial charge in [-0.15, -0.1) is 0 Å². The van der Waals surface area contributed by atoms with Crippen molar-refractivity contribution < 1.29 is 17.0 Å². The second-order valence-corrected chi connectivity index (χ2v) is 8.06. The van der Waals surface area contributed by atoms with Gasteiger partial charge < -0.3 is 8.60 Å². The van der Waals surface area contributed by atoms with E-state index < -0.39 is 10.3 Å². The second-order valence-electron chi connectivity index (χ2n) is 6.91. The van der Waals surface area contributed by atoms with Crippen molar-refractivity contribution in [3.05, 3.63) is 39.7 Å². The van der Waals surface area contributed by atoms with E-state index in [1.54, 1.807) is 12.1 Å². The summed E-state index contributed by atoms with van der Waals surface area (Å²) >= 11 is 0. The van der Waals surface area contributed by atoms with E-state index in [0.29, 0.717) is 5.58 Å². The number of hydrogen-bond acceptors (Lipinski definition) is 5. The van der Waals surface area contributed by atoms with E-state index >= 15 is 0 Å². The maximum absolute atomic E-state index is 12.5. The third-order valence-electron chi connectivity index (χ3n) is 4.91. The summed E-state index contributed by atoms with van der Waals surface area (Å²) in [6.45, 7) is 0. The molecular weight excluding hydrogens is 354 g/mol. The van der Waals surface area contributed by atoms with E-state index in [0.717, 1.165) is 55.0 Å². The van der Waals surface area contributed by atoms with Gasteiger partial charge in [0.15, 0.2) is 0 Å². The van der Waals surface area contributed by atoms with Crippen LogP contribution in [0.1, 0.15) is 62.5 Å². The molecule has 0 atom stereocenters. The average Bonchev–Trinajstić information content (AvgIpc) is 2.54. The molecule has 3 rings (SSSR count). The molecule has 1 aliphatic rings. The van der Waals surface area contributed by atoms with Gasteiger partial charge in [-0.2, -0.15) is 13.6 Å². The van der Waals surface area contributed by atoms with Crippen LogP contribution in [-0.4, -0.2) is 8.42 Å². The standard InChI is InChI=1S/C19H25NO5S/c20-26(22,23)25-14-11-12-16-15-9-7-5-3-1-2-4-6-8-10-17(15)19(21)24-18(16)13-14/h11-13H,1-10H2,(H2,20,22,23). The molecule has 142 valence electrons.